The molecule has 0 amide bonds. The molecule has 0 saturated heterocycles. The number of ether oxygens (including phenoxy) is 1. The summed E-state index contributed by atoms with van der Waals surface area (Å²) in [6, 6.07) is 0. The van der Waals surface area contributed by atoms with Gasteiger partial charge in [0.05, 0.1) is 0 Å². The summed E-state index contributed by atoms with van der Waals surface area (Å²) < 4.78 is 16.2. The fourth-order valence-electron chi connectivity index (χ4n) is 0.555. The van der Waals surface area contributed by atoms with Crippen molar-refractivity contribution in [1.82, 2.24) is 0 Å². The number of aliphatic imine (C=N–C) groups is 1. The summed E-state index contributed by atoms with van der Waals surface area (Å²) in [5.41, 5.74) is 4.96. The predicted octanol–water partition coefficient (Wildman–Crippen LogP) is -0.0720. The highest BCUT2D eigenvalue weighted by Gasteiger charge is 2.05. The average molecular weight is 190 g/mol. The van der Waals surface area contributed by atoms with E-state index in [0.29, 0.717) is 0 Å². The molecule has 0 aliphatic rings. The maximum Gasteiger partial charge on any atom is 0.354 e. The van der Waals surface area contributed by atoms with Gasteiger partial charge in [0.1, 0.15) is 19.0 Å². The minimum atomic E-state index is -1.21. The van der Waals surface area contributed by atoms with Crippen LogP contribution < -0.4 is 5.73 Å². The van der Waals surface area contributed by atoms with Gasteiger partial charge in [-0.15, -0.1) is 0 Å². The average Bonchev–Trinajstić information content (AvgIpc) is 2.10. The molecule has 0 aromatic carbocycles. The first-order valence-corrected chi connectivity index (χ1v) is 3.47. The van der Waals surface area contributed by atoms with Gasteiger partial charge in [-0.1, -0.05) is 0 Å². The molecule has 5 nitrogen and oxygen atoms in total. The molecule has 0 atom stereocenters. The van der Waals surface area contributed by atoms with Gasteiger partial charge >= 0.3 is 5.97 Å². The maximum absolute atomic E-state index is 11.6. The Hall–Kier alpha value is -1.59. The molecule has 0 radical (unpaired) electrons. The van der Waals surface area contributed by atoms with Crippen LogP contribution in [0.5, 0.6) is 0 Å². The van der Waals surface area contributed by atoms with Crippen LogP contribution in [0.3, 0.4) is 0 Å². The van der Waals surface area contributed by atoms with E-state index < -0.39 is 12.6 Å². The fourth-order valence-corrected chi connectivity index (χ4v) is 0.555. The van der Waals surface area contributed by atoms with Crippen molar-refractivity contribution in [2.45, 2.75) is 0 Å². The van der Waals surface area contributed by atoms with Crippen LogP contribution in [0.4, 0.5) is 4.39 Å². The number of carbonyl (C=O) groups is 1. The minimum absolute atomic E-state index is 0.166. The first-order chi connectivity index (χ1) is 6.11. The number of nitrogens with two attached hydrogens (primary N) is 1. The van der Waals surface area contributed by atoms with Gasteiger partial charge < -0.3 is 15.6 Å². The first kappa shape index (κ1) is 11.4. The highest BCUT2D eigenvalue weighted by Crippen LogP contribution is 1.91. The van der Waals surface area contributed by atoms with E-state index in [2.05, 4.69) is 9.73 Å². The Labute approximate surface area is 74.7 Å². The third-order valence-corrected chi connectivity index (χ3v) is 1.08. The molecule has 6 heteroatoms. The highest BCUT2D eigenvalue weighted by molar-refractivity contribution is 6.40. The summed E-state index contributed by atoms with van der Waals surface area (Å²) in [4.78, 5) is 13.8. The van der Waals surface area contributed by atoms with E-state index in [9.17, 15) is 9.18 Å². The molecular weight excluding hydrogens is 179 g/mol. The molecule has 0 heterocycles. The van der Waals surface area contributed by atoms with Crippen molar-refractivity contribution in [2.24, 2.45) is 10.7 Å². The standard InChI is InChI=1S/C7H11FN2O3/c1-10-5(7(11)12)4-6(9)13-3-2-8/h4H,2-3,9H2,1H3,(H,11,12)/b6-4+,10-5?. The van der Waals surface area contributed by atoms with Crippen LogP contribution in [0.15, 0.2) is 17.0 Å². The van der Waals surface area contributed by atoms with E-state index in [0.717, 1.165) is 6.08 Å². The molecule has 0 rings (SSSR count). The topological polar surface area (TPSA) is 84.9 Å². The van der Waals surface area contributed by atoms with E-state index in [1.807, 2.05) is 0 Å². The maximum atomic E-state index is 11.6. The zero-order valence-electron chi connectivity index (χ0n) is 7.16. The largest absolute Gasteiger partial charge is 0.477 e. The van der Waals surface area contributed by atoms with Crippen molar-refractivity contribution < 1.29 is 19.0 Å². The van der Waals surface area contributed by atoms with Crippen molar-refractivity contribution in [3.8, 4) is 0 Å². The Kier molecular flexibility index (Phi) is 5.25. The zero-order valence-corrected chi connectivity index (χ0v) is 7.16. The zero-order chi connectivity index (χ0) is 10.3. The summed E-state index contributed by atoms with van der Waals surface area (Å²) in [6.07, 6.45) is 1.03. The lowest BCUT2D eigenvalue weighted by Gasteiger charge is -2.02. The third kappa shape index (κ3) is 4.78. The molecule has 0 aliphatic heterocycles. The molecule has 0 aromatic heterocycles. The van der Waals surface area contributed by atoms with Crippen molar-refractivity contribution >= 4 is 11.7 Å². The van der Waals surface area contributed by atoms with Gasteiger partial charge in [0, 0.05) is 13.1 Å². The molecule has 0 fully saturated rings. The molecule has 0 bridgehead atoms. The second-order valence-corrected chi connectivity index (χ2v) is 2.00. The quantitative estimate of drug-likeness (QED) is 0.469. The van der Waals surface area contributed by atoms with Crippen LogP contribution in [-0.2, 0) is 9.53 Å². The predicted molar refractivity (Wildman–Crippen MR) is 45.2 cm³/mol. The second kappa shape index (κ2) is 5.99. The van der Waals surface area contributed by atoms with E-state index in [4.69, 9.17) is 10.8 Å². The number of carboxylic acids is 1. The molecule has 13 heavy (non-hydrogen) atoms. The lowest BCUT2D eigenvalue weighted by Crippen LogP contribution is -2.14. The SMILES string of the molecule is CN=C(/C=C(\N)OCCF)C(=O)O. The van der Waals surface area contributed by atoms with Crippen LogP contribution in [0.25, 0.3) is 0 Å². The Morgan fingerprint density at radius 2 is 2.38 bits per heavy atom. The molecule has 0 aliphatic carbocycles. The number of aliphatic carboxylic acids is 1. The normalized spacial score (nSPS) is 12.8. The van der Waals surface area contributed by atoms with Crippen LogP contribution in [0.2, 0.25) is 0 Å². The lowest BCUT2D eigenvalue weighted by molar-refractivity contribution is -0.129. The van der Waals surface area contributed by atoms with Gasteiger partial charge in [0.15, 0.2) is 5.88 Å². The number of nitrogens with zero attached hydrogens (tertiary/aromatic N) is 1. The molecule has 0 aromatic rings. The monoisotopic (exact) mass is 190 g/mol. The highest BCUT2D eigenvalue weighted by atomic mass is 19.1. The summed E-state index contributed by atoms with van der Waals surface area (Å²) in [5, 5.41) is 8.49. The summed E-state index contributed by atoms with van der Waals surface area (Å²) in [5.74, 6) is -1.38. The molecule has 0 unspecified atom stereocenters. The summed E-state index contributed by atoms with van der Waals surface area (Å²) >= 11 is 0. The van der Waals surface area contributed by atoms with Gasteiger partial charge in [-0.2, -0.15) is 0 Å². The lowest BCUT2D eigenvalue weighted by atomic mass is 10.3. The van der Waals surface area contributed by atoms with Gasteiger partial charge in [-0.05, 0) is 0 Å². The molecule has 0 saturated carbocycles. The third-order valence-electron chi connectivity index (χ3n) is 1.08. The summed E-state index contributed by atoms with van der Waals surface area (Å²) in [6.45, 7) is -0.876. The number of rotatable bonds is 5. The van der Waals surface area contributed by atoms with Gasteiger partial charge in [-0.3, -0.25) is 4.99 Å². The minimum Gasteiger partial charge on any atom is -0.477 e. The first-order valence-electron chi connectivity index (χ1n) is 3.47. The van der Waals surface area contributed by atoms with Crippen molar-refractivity contribution in [3.05, 3.63) is 12.0 Å². The Morgan fingerprint density at radius 3 is 2.77 bits per heavy atom. The van der Waals surface area contributed by atoms with Crippen LogP contribution in [0.1, 0.15) is 0 Å². The Balaban J connectivity index is 4.26. The number of alkyl halides is 1. The van der Waals surface area contributed by atoms with Crippen LogP contribution >= 0.6 is 0 Å². The van der Waals surface area contributed by atoms with E-state index in [1.54, 1.807) is 0 Å². The van der Waals surface area contributed by atoms with E-state index >= 15 is 0 Å². The second-order valence-electron chi connectivity index (χ2n) is 2.00. The number of hydrogen-bond donors (Lipinski definition) is 2. The number of halogens is 1. The smallest absolute Gasteiger partial charge is 0.354 e. The number of carboxylic acid groups (broad SMARTS) is 1. The van der Waals surface area contributed by atoms with E-state index in [-0.39, 0.29) is 18.2 Å². The molecule has 0 spiro atoms. The van der Waals surface area contributed by atoms with E-state index in [1.165, 1.54) is 7.05 Å². The van der Waals surface area contributed by atoms with Crippen LogP contribution in [-0.4, -0.2) is 37.1 Å². The van der Waals surface area contributed by atoms with Gasteiger partial charge in [0.25, 0.3) is 0 Å². The van der Waals surface area contributed by atoms with Crippen molar-refractivity contribution in [3.63, 3.8) is 0 Å². The fraction of sp³-hybridized carbons (Fsp3) is 0.429. The van der Waals surface area contributed by atoms with Crippen LogP contribution in [0, 0.1) is 0 Å². The molecule has 74 valence electrons. The molecule has 3 N–H and O–H groups in total. The molecular formula is C7H11FN2O3. The van der Waals surface area contributed by atoms with Gasteiger partial charge in [0.2, 0.25) is 0 Å². The summed E-state index contributed by atoms with van der Waals surface area (Å²) in [7, 11) is 1.31. The Bertz CT molecular complexity index is 238. The van der Waals surface area contributed by atoms with Crippen molar-refractivity contribution in [1.29, 1.82) is 0 Å². The number of hydrogen-bond acceptors (Lipinski definition) is 4. The van der Waals surface area contributed by atoms with Crippen molar-refractivity contribution in [2.75, 3.05) is 20.3 Å². The Morgan fingerprint density at radius 1 is 1.77 bits per heavy atom. The van der Waals surface area contributed by atoms with Gasteiger partial charge in [-0.25, -0.2) is 9.18 Å².